The van der Waals surface area contributed by atoms with Gasteiger partial charge in [0.2, 0.25) is 5.95 Å². The summed E-state index contributed by atoms with van der Waals surface area (Å²) in [5.41, 5.74) is 1.79. The van der Waals surface area contributed by atoms with E-state index in [2.05, 4.69) is 5.10 Å². The Kier molecular flexibility index (Phi) is 3.53. The van der Waals surface area contributed by atoms with E-state index in [0.29, 0.717) is 5.04 Å². The molecule has 0 aromatic carbocycles. The molecule has 6 heteroatoms. The van der Waals surface area contributed by atoms with Gasteiger partial charge in [-0.3, -0.25) is 0 Å². The maximum absolute atomic E-state index is 12.7. The van der Waals surface area contributed by atoms with Gasteiger partial charge in [-0.05, 0) is 19.2 Å². The van der Waals surface area contributed by atoms with Crippen molar-refractivity contribution in [2.75, 3.05) is 11.5 Å². The van der Waals surface area contributed by atoms with Crippen molar-refractivity contribution in [3.8, 4) is 0 Å². The minimum Gasteiger partial charge on any atom is -0.227 e. The first kappa shape index (κ1) is 10.3. The third kappa shape index (κ3) is 2.58. The normalized spacial score (nSPS) is 16.8. The Morgan fingerprint density at radius 2 is 2.15 bits per heavy atom. The van der Waals surface area contributed by atoms with Gasteiger partial charge in [0.15, 0.2) is 0 Å². The van der Waals surface area contributed by atoms with Crippen molar-refractivity contribution in [2.45, 2.75) is 13.8 Å². The van der Waals surface area contributed by atoms with E-state index in [1.54, 1.807) is 5.43 Å². The topological polar surface area (TPSA) is 27.6 Å². The van der Waals surface area contributed by atoms with Crippen LogP contribution < -0.4 is 5.43 Å². The van der Waals surface area contributed by atoms with Crippen LogP contribution in [0.2, 0.25) is 0 Å². The van der Waals surface area contributed by atoms with E-state index in [-0.39, 0.29) is 16.2 Å². The highest BCUT2D eigenvalue weighted by molar-refractivity contribution is 8.11. The average molecular weight is 208 g/mol. The van der Waals surface area contributed by atoms with Gasteiger partial charge >= 0.3 is 0 Å². The van der Waals surface area contributed by atoms with Gasteiger partial charge in [-0.2, -0.15) is 4.39 Å². The quantitative estimate of drug-likeness (QED) is 0.423. The molecule has 74 valence electrons. The molecule has 0 aromatic heterocycles. The Morgan fingerprint density at radius 3 is 2.62 bits per heavy atom. The van der Waals surface area contributed by atoms with Gasteiger partial charge in [0, 0.05) is 10.9 Å². The second-order valence-electron chi connectivity index (χ2n) is 2.37. The van der Waals surface area contributed by atoms with E-state index in [1.165, 1.54) is 6.08 Å². The van der Waals surface area contributed by atoms with E-state index >= 15 is 0 Å². The molecule has 1 aliphatic heterocycles. The Morgan fingerprint density at radius 1 is 1.54 bits per heavy atom. The molecule has 0 fully saturated rings. The molecule has 0 aromatic rings. The minimum absolute atomic E-state index is 0.0873. The molecular weight excluding hydrogens is 196 g/mol. The summed E-state index contributed by atoms with van der Waals surface area (Å²) >= 11 is 0. The van der Waals surface area contributed by atoms with Crippen molar-refractivity contribution >= 4 is 15.9 Å². The van der Waals surface area contributed by atoms with E-state index in [0.717, 1.165) is 11.5 Å². The molecule has 0 spiro atoms. The average Bonchev–Trinajstić information content (AvgIpc) is 2.04. The number of nitrogens with one attached hydrogen (secondary N) is 1. The maximum atomic E-state index is 12.7. The van der Waals surface area contributed by atoms with Gasteiger partial charge in [-0.25, -0.2) is 5.43 Å². The van der Waals surface area contributed by atoms with Crippen molar-refractivity contribution < 1.29 is 8.87 Å². The third-order valence-electron chi connectivity index (χ3n) is 1.63. The Labute approximate surface area is 78.7 Å². The standard InChI is InChI=1S/C7H12F2N3S/c1-3-13(4-2)7-5-6(8)10-12(9)11-7/h5,10H,3-4H2,1-2H3/q+1. The molecule has 0 amide bonds. The van der Waals surface area contributed by atoms with Gasteiger partial charge in [0.05, 0.1) is 6.08 Å². The predicted octanol–water partition coefficient (Wildman–Crippen LogP) is 1.47. The molecule has 0 saturated heterocycles. The van der Waals surface area contributed by atoms with Crippen molar-refractivity contribution in [1.82, 2.24) is 10.8 Å². The summed E-state index contributed by atoms with van der Waals surface area (Å²) in [6.45, 7) is 3.96. The van der Waals surface area contributed by atoms with Crippen LogP contribution in [0.15, 0.2) is 17.1 Å². The van der Waals surface area contributed by atoms with Crippen LogP contribution >= 0.6 is 0 Å². The van der Waals surface area contributed by atoms with Crippen LogP contribution in [0.25, 0.3) is 0 Å². The number of hydrazine groups is 1. The highest BCUT2D eigenvalue weighted by atomic mass is 32.2. The molecular formula is C7H12F2N3S+. The zero-order chi connectivity index (χ0) is 9.84. The number of hydrazone groups is 1. The van der Waals surface area contributed by atoms with Crippen LogP contribution in [0.1, 0.15) is 13.8 Å². The summed E-state index contributed by atoms with van der Waals surface area (Å²) in [6.07, 6.45) is 1.24. The minimum atomic E-state index is -0.702. The summed E-state index contributed by atoms with van der Waals surface area (Å²) in [7, 11) is -0.154. The number of hydrogen-bond acceptors (Lipinski definition) is 3. The van der Waals surface area contributed by atoms with Crippen LogP contribution in [-0.4, -0.2) is 21.9 Å². The summed E-state index contributed by atoms with van der Waals surface area (Å²) in [6, 6.07) is 0. The van der Waals surface area contributed by atoms with E-state index < -0.39 is 5.95 Å². The fourth-order valence-electron chi connectivity index (χ4n) is 1.01. The molecule has 1 heterocycles. The zero-order valence-corrected chi connectivity index (χ0v) is 8.37. The van der Waals surface area contributed by atoms with Crippen molar-refractivity contribution in [1.29, 1.82) is 0 Å². The first-order chi connectivity index (χ1) is 6.17. The maximum Gasteiger partial charge on any atom is 0.272 e. The van der Waals surface area contributed by atoms with Crippen molar-refractivity contribution in [2.24, 2.45) is 5.10 Å². The molecule has 0 unspecified atom stereocenters. The molecule has 0 atom stereocenters. The SMILES string of the molecule is CC[S+](CC)C1=NN(F)NC(F)=C1. The summed E-state index contributed by atoms with van der Waals surface area (Å²) in [5.74, 6) is 1.01. The molecule has 1 rings (SSSR count). The lowest BCUT2D eigenvalue weighted by atomic mass is 10.6. The zero-order valence-electron chi connectivity index (χ0n) is 7.55. The lowest BCUT2D eigenvalue weighted by Crippen LogP contribution is -2.33. The molecule has 0 bridgehead atoms. The Balaban J connectivity index is 2.77. The Bertz CT molecular complexity index is 238. The Hall–Kier alpha value is -0.780. The van der Waals surface area contributed by atoms with Gasteiger partial charge < -0.3 is 0 Å². The molecule has 0 saturated carbocycles. The number of hydrogen-bond donors (Lipinski definition) is 1. The predicted molar refractivity (Wildman–Crippen MR) is 51.2 cm³/mol. The first-order valence-electron chi connectivity index (χ1n) is 4.03. The highest BCUT2D eigenvalue weighted by Gasteiger charge is 2.26. The van der Waals surface area contributed by atoms with Crippen LogP contribution in [0, 0.1) is 0 Å². The van der Waals surface area contributed by atoms with E-state index in [4.69, 9.17) is 0 Å². The largest absolute Gasteiger partial charge is 0.272 e. The van der Waals surface area contributed by atoms with Crippen LogP contribution in [-0.2, 0) is 10.9 Å². The van der Waals surface area contributed by atoms with Gasteiger partial charge in [0.25, 0.3) is 5.04 Å². The van der Waals surface area contributed by atoms with Gasteiger partial charge in [-0.15, -0.1) is 0 Å². The fraction of sp³-hybridized carbons (Fsp3) is 0.571. The fourth-order valence-corrected chi connectivity index (χ4v) is 2.47. The molecule has 3 nitrogen and oxygen atoms in total. The summed E-state index contributed by atoms with van der Waals surface area (Å²) < 4.78 is 25.3. The first-order valence-corrected chi connectivity index (χ1v) is 5.59. The summed E-state index contributed by atoms with van der Waals surface area (Å²) in [4.78, 5) is 0. The molecule has 1 N–H and O–H groups in total. The lowest BCUT2D eigenvalue weighted by molar-refractivity contribution is -0.0269. The lowest BCUT2D eigenvalue weighted by Gasteiger charge is -2.13. The second-order valence-corrected chi connectivity index (χ2v) is 4.93. The van der Waals surface area contributed by atoms with Gasteiger partial charge in [0.1, 0.15) is 11.5 Å². The second kappa shape index (κ2) is 4.45. The smallest absolute Gasteiger partial charge is 0.227 e. The summed E-state index contributed by atoms with van der Waals surface area (Å²) in [5, 5.41) is 3.93. The highest BCUT2D eigenvalue weighted by Crippen LogP contribution is 2.10. The number of nitrogens with zero attached hydrogens (tertiary/aromatic N) is 2. The van der Waals surface area contributed by atoms with E-state index in [9.17, 15) is 8.87 Å². The van der Waals surface area contributed by atoms with E-state index in [1.807, 2.05) is 13.8 Å². The molecule has 0 aliphatic carbocycles. The van der Waals surface area contributed by atoms with Crippen LogP contribution in [0.4, 0.5) is 8.87 Å². The molecule has 13 heavy (non-hydrogen) atoms. The number of halogens is 2. The third-order valence-corrected chi connectivity index (χ3v) is 3.81. The molecule has 0 radical (unpaired) electrons. The van der Waals surface area contributed by atoms with Crippen molar-refractivity contribution in [3.05, 3.63) is 12.0 Å². The monoisotopic (exact) mass is 208 g/mol. The molecule has 1 aliphatic rings. The van der Waals surface area contributed by atoms with Crippen LogP contribution in [0.5, 0.6) is 0 Å². The number of rotatable bonds is 2. The van der Waals surface area contributed by atoms with Crippen LogP contribution in [0.3, 0.4) is 0 Å². The van der Waals surface area contributed by atoms with Crippen molar-refractivity contribution in [3.63, 3.8) is 0 Å². The van der Waals surface area contributed by atoms with Gasteiger partial charge in [-0.1, -0.05) is 9.58 Å².